The van der Waals surface area contributed by atoms with Crippen LogP contribution in [0.4, 0.5) is 0 Å². The summed E-state index contributed by atoms with van der Waals surface area (Å²) in [5.41, 5.74) is 2.33. The van der Waals surface area contributed by atoms with Crippen molar-refractivity contribution in [2.75, 3.05) is 33.4 Å². The minimum Gasteiger partial charge on any atom is -0.497 e. The molecule has 5 rings (SSSR count). The Morgan fingerprint density at radius 3 is 2.67 bits per heavy atom. The number of halogens is 1. The number of methoxy groups -OCH3 is 1. The second kappa shape index (κ2) is 10.7. The van der Waals surface area contributed by atoms with Gasteiger partial charge in [0.1, 0.15) is 5.75 Å². The Morgan fingerprint density at radius 2 is 1.89 bits per heavy atom. The lowest BCUT2D eigenvalue weighted by atomic mass is 10.1. The van der Waals surface area contributed by atoms with Crippen LogP contribution in [0.5, 0.6) is 5.75 Å². The Morgan fingerprint density at radius 1 is 1.08 bits per heavy atom. The third kappa shape index (κ3) is 4.97. The Hall–Kier alpha value is -3.33. The van der Waals surface area contributed by atoms with Crippen LogP contribution in [0, 0.1) is 0 Å². The number of fused-ring (bicyclic) bond motifs is 1. The molecule has 0 unspecified atom stereocenters. The van der Waals surface area contributed by atoms with Gasteiger partial charge in [-0.3, -0.25) is 14.2 Å². The number of thioether (sulfide) groups is 1. The molecule has 1 amide bonds. The smallest absolute Gasteiger partial charge is 0.266 e. The van der Waals surface area contributed by atoms with Crippen molar-refractivity contribution < 1.29 is 14.3 Å². The molecule has 1 aliphatic rings. The number of amides is 1. The number of carbonyl (C=O) groups excluding carboxylic acids is 1. The Bertz CT molecular complexity index is 1480. The zero-order valence-corrected chi connectivity index (χ0v) is 21.2. The molecule has 4 aromatic rings. The quantitative estimate of drug-likeness (QED) is 0.268. The molecule has 1 fully saturated rings. The van der Waals surface area contributed by atoms with Gasteiger partial charge in [-0.25, -0.2) is 4.98 Å². The van der Waals surface area contributed by atoms with Crippen molar-refractivity contribution in [2.24, 2.45) is 0 Å². The average Bonchev–Trinajstić information content (AvgIpc) is 2.92. The molecule has 0 N–H and O–H groups in total. The fourth-order valence-corrected chi connectivity index (χ4v) is 5.38. The van der Waals surface area contributed by atoms with E-state index in [9.17, 15) is 9.59 Å². The Balaban J connectivity index is 1.60. The van der Waals surface area contributed by atoms with Gasteiger partial charge in [-0.2, -0.15) is 0 Å². The summed E-state index contributed by atoms with van der Waals surface area (Å²) in [6, 6.07) is 19.9. The van der Waals surface area contributed by atoms with Crippen LogP contribution < -0.4 is 10.3 Å². The molecule has 1 aliphatic heterocycles. The molecule has 0 spiro atoms. The number of benzene rings is 3. The van der Waals surface area contributed by atoms with E-state index in [0.717, 1.165) is 5.56 Å². The second-order valence-electron chi connectivity index (χ2n) is 8.25. The van der Waals surface area contributed by atoms with E-state index in [0.29, 0.717) is 70.1 Å². The monoisotopic (exact) mass is 521 g/mol. The number of hydrogen-bond acceptors (Lipinski definition) is 6. The third-order valence-corrected chi connectivity index (χ3v) is 7.37. The van der Waals surface area contributed by atoms with Crippen molar-refractivity contribution >= 4 is 40.2 Å². The van der Waals surface area contributed by atoms with Crippen LogP contribution in [0.1, 0.15) is 15.9 Å². The molecule has 1 aromatic heterocycles. The highest BCUT2D eigenvalue weighted by Gasteiger charge is 2.21. The van der Waals surface area contributed by atoms with Crippen LogP contribution >= 0.6 is 23.4 Å². The lowest BCUT2D eigenvalue weighted by molar-refractivity contribution is 0.0303. The van der Waals surface area contributed by atoms with Gasteiger partial charge in [0.25, 0.3) is 11.5 Å². The van der Waals surface area contributed by atoms with Gasteiger partial charge < -0.3 is 14.4 Å². The number of aromatic nitrogens is 2. The number of rotatable bonds is 6. The molecule has 184 valence electrons. The van der Waals surface area contributed by atoms with Crippen molar-refractivity contribution in [3.63, 3.8) is 0 Å². The van der Waals surface area contributed by atoms with E-state index in [-0.39, 0.29) is 11.5 Å². The summed E-state index contributed by atoms with van der Waals surface area (Å²) >= 11 is 7.78. The van der Waals surface area contributed by atoms with E-state index in [1.807, 2.05) is 42.5 Å². The maximum Gasteiger partial charge on any atom is 0.266 e. The maximum atomic E-state index is 13.7. The first-order valence-corrected chi connectivity index (χ1v) is 12.9. The predicted molar refractivity (Wildman–Crippen MR) is 142 cm³/mol. The maximum absolute atomic E-state index is 13.7. The normalized spacial score (nSPS) is 13.7. The van der Waals surface area contributed by atoms with E-state index >= 15 is 0 Å². The van der Waals surface area contributed by atoms with E-state index < -0.39 is 0 Å². The fraction of sp³-hybridized carbons (Fsp3) is 0.222. The summed E-state index contributed by atoms with van der Waals surface area (Å²) < 4.78 is 12.3. The SMILES string of the molecule is COc1cccc(-n2c(SCc3ccccc3Cl)nc3cc(C(=O)N4CCOCC4)ccc3c2=O)c1. The van der Waals surface area contributed by atoms with Crippen molar-refractivity contribution in [1.82, 2.24) is 14.5 Å². The van der Waals surface area contributed by atoms with Gasteiger partial charge >= 0.3 is 0 Å². The van der Waals surface area contributed by atoms with Crippen molar-refractivity contribution in [2.45, 2.75) is 10.9 Å². The average molecular weight is 522 g/mol. The number of nitrogens with zero attached hydrogens (tertiary/aromatic N) is 3. The Labute approximate surface area is 217 Å². The first-order chi connectivity index (χ1) is 17.5. The highest BCUT2D eigenvalue weighted by Crippen LogP contribution is 2.29. The molecule has 1 saturated heterocycles. The highest BCUT2D eigenvalue weighted by molar-refractivity contribution is 7.98. The standard InChI is InChI=1S/C27H24ClN3O4S/c1-34-21-7-4-6-20(16-21)31-26(33)22-10-9-18(25(32)30-11-13-35-14-12-30)15-24(22)29-27(31)36-17-19-5-2-3-8-23(19)28/h2-10,15-16H,11-14,17H2,1H3. The molecule has 0 atom stereocenters. The van der Waals surface area contributed by atoms with Gasteiger partial charge in [-0.1, -0.05) is 47.6 Å². The predicted octanol–water partition coefficient (Wildman–Crippen LogP) is 4.81. The number of carbonyl (C=O) groups is 1. The number of hydrogen-bond donors (Lipinski definition) is 0. The van der Waals surface area contributed by atoms with Gasteiger partial charge in [-0.05, 0) is 42.0 Å². The van der Waals surface area contributed by atoms with E-state index in [1.165, 1.54) is 11.8 Å². The summed E-state index contributed by atoms with van der Waals surface area (Å²) in [6.45, 7) is 2.12. The number of ether oxygens (including phenoxy) is 2. The molecule has 0 bridgehead atoms. The van der Waals surface area contributed by atoms with Crippen LogP contribution in [0.15, 0.2) is 76.7 Å². The van der Waals surface area contributed by atoms with E-state index in [2.05, 4.69) is 0 Å². The lowest BCUT2D eigenvalue weighted by Crippen LogP contribution is -2.40. The summed E-state index contributed by atoms with van der Waals surface area (Å²) in [6.07, 6.45) is 0. The van der Waals surface area contributed by atoms with E-state index in [1.54, 1.807) is 40.8 Å². The topological polar surface area (TPSA) is 73.7 Å². The zero-order valence-electron chi connectivity index (χ0n) is 19.6. The molecule has 0 radical (unpaired) electrons. The Kier molecular flexibility index (Phi) is 7.27. The summed E-state index contributed by atoms with van der Waals surface area (Å²) in [5, 5.41) is 1.58. The summed E-state index contributed by atoms with van der Waals surface area (Å²) in [7, 11) is 1.58. The summed E-state index contributed by atoms with van der Waals surface area (Å²) in [4.78, 5) is 33.4. The summed E-state index contributed by atoms with van der Waals surface area (Å²) in [5.74, 6) is 1.06. The van der Waals surface area contributed by atoms with Crippen molar-refractivity contribution in [1.29, 1.82) is 0 Å². The molecule has 3 aromatic carbocycles. The first-order valence-electron chi connectivity index (χ1n) is 11.5. The molecular weight excluding hydrogens is 498 g/mol. The molecule has 0 aliphatic carbocycles. The highest BCUT2D eigenvalue weighted by atomic mass is 35.5. The van der Waals surface area contributed by atoms with Crippen molar-refractivity contribution in [3.05, 3.63) is 93.2 Å². The van der Waals surface area contributed by atoms with Gasteiger partial charge in [0, 0.05) is 35.5 Å². The molecule has 7 nitrogen and oxygen atoms in total. The minimum absolute atomic E-state index is 0.0933. The van der Waals surface area contributed by atoms with Gasteiger partial charge in [-0.15, -0.1) is 0 Å². The second-order valence-corrected chi connectivity index (χ2v) is 9.60. The van der Waals surface area contributed by atoms with Crippen LogP contribution in [0.2, 0.25) is 5.02 Å². The minimum atomic E-state index is -0.222. The molecule has 0 saturated carbocycles. The molecule has 36 heavy (non-hydrogen) atoms. The molecule has 2 heterocycles. The van der Waals surface area contributed by atoms with E-state index in [4.69, 9.17) is 26.1 Å². The van der Waals surface area contributed by atoms with Gasteiger partial charge in [0.05, 0.1) is 36.9 Å². The fourth-order valence-electron chi connectivity index (χ4n) is 4.08. The third-order valence-electron chi connectivity index (χ3n) is 6.01. The van der Waals surface area contributed by atoms with Crippen LogP contribution in [-0.4, -0.2) is 53.8 Å². The molecular formula is C27H24ClN3O4S. The lowest BCUT2D eigenvalue weighted by Gasteiger charge is -2.26. The first kappa shape index (κ1) is 24.4. The van der Waals surface area contributed by atoms with Crippen LogP contribution in [-0.2, 0) is 10.5 Å². The molecule has 9 heteroatoms. The number of morpholine rings is 1. The van der Waals surface area contributed by atoms with Crippen LogP contribution in [0.3, 0.4) is 0 Å². The van der Waals surface area contributed by atoms with Gasteiger partial charge in [0.15, 0.2) is 5.16 Å². The van der Waals surface area contributed by atoms with Gasteiger partial charge in [0.2, 0.25) is 0 Å². The van der Waals surface area contributed by atoms with Crippen LogP contribution in [0.25, 0.3) is 16.6 Å². The largest absolute Gasteiger partial charge is 0.497 e. The zero-order chi connectivity index (χ0) is 25.1. The van der Waals surface area contributed by atoms with Crippen molar-refractivity contribution in [3.8, 4) is 11.4 Å².